The van der Waals surface area contributed by atoms with Crippen molar-refractivity contribution in [1.82, 2.24) is 9.88 Å². The number of phenols is 1. The smallest absolute Gasteiger partial charge is 0.227 e. The zero-order valence-corrected chi connectivity index (χ0v) is 16.4. The van der Waals surface area contributed by atoms with Gasteiger partial charge in [0.25, 0.3) is 0 Å². The van der Waals surface area contributed by atoms with Crippen molar-refractivity contribution in [2.24, 2.45) is 5.92 Å². The van der Waals surface area contributed by atoms with Crippen LogP contribution in [0, 0.1) is 5.92 Å². The molecule has 0 radical (unpaired) electrons. The summed E-state index contributed by atoms with van der Waals surface area (Å²) in [4.78, 5) is 30.9. The Labute approximate surface area is 169 Å². The average molecular weight is 391 g/mol. The van der Waals surface area contributed by atoms with Gasteiger partial charge in [-0.15, -0.1) is 0 Å². The molecular weight excluding hydrogens is 366 g/mol. The molecule has 1 atom stereocenters. The Morgan fingerprint density at radius 2 is 1.79 bits per heavy atom. The molecule has 3 aromatic rings. The van der Waals surface area contributed by atoms with Crippen molar-refractivity contribution in [2.45, 2.75) is 25.8 Å². The largest absolute Gasteiger partial charge is 0.506 e. The number of para-hydroxylation sites is 3. The van der Waals surface area contributed by atoms with Gasteiger partial charge in [0.05, 0.1) is 11.7 Å². The first-order valence-electron chi connectivity index (χ1n) is 9.98. The lowest BCUT2D eigenvalue weighted by molar-refractivity contribution is -0.121. The first kappa shape index (κ1) is 19.2. The van der Waals surface area contributed by atoms with Gasteiger partial charge in [-0.3, -0.25) is 14.5 Å². The molecule has 1 saturated heterocycles. The van der Waals surface area contributed by atoms with Crippen molar-refractivity contribution >= 4 is 28.3 Å². The third-order valence-corrected chi connectivity index (χ3v) is 5.84. The van der Waals surface area contributed by atoms with Crippen LogP contribution in [0.3, 0.4) is 0 Å². The number of aromatic nitrogens is 1. The number of phenolic OH excluding ortho intramolecular Hbond substituents is 1. The highest BCUT2D eigenvalue weighted by Gasteiger charge is 2.31. The van der Waals surface area contributed by atoms with Crippen LogP contribution in [0.15, 0.2) is 54.7 Å². The lowest BCUT2D eigenvalue weighted by Gasteiger charge is -2.34. The van der Waals surface area contributed by atoms with Gasteiger partial charge in [-0.25, -0.2) is 0 Å². The minimum atomic E-state index is -0.239. The van der Waals surface area contributed by atoms with E-state index < -0.39 is 0 Å². The van der Waals surface area contributed by atoms with Gasteiger partial charge in [0.2, 0.25) is 5.91 Å². The van der Waals surface area contributed by atoms with E-state index in [9.17, 15) is 14.7 Å². The highest BCUT2D eigenvalue weighted by molar-refractivity contribution is 6.10. The SMILES string of the molecule is CC(C(=O)c1c[nH]c2ccccc12)N1CCC(C(=O)Nc2ccccc2O)CC1. The summed E-state index contributed by atoms with van der Waals surface area (Å²) in [7, 11) is 0. The summed E-state index contributed by atoms with van der Waals surface area (Å²) < 4.78 is 0. The Kier molecular flexibility index (Phi) is 5.36. The maximum atomic E-state index is 13.0. The molecule has 1 unspecified atom stereocenters. The number of aromatic hydroxyl groups is 1. The number of anilines is 1. The number of rotatable bonds is 5. The van der Waals surface area contributed by atoms with Crippen molar-refractivity contribution < 1.29 is 14.7 Å². The van der Waals surface area contributed by atoms with E-state index in [0.717, 1.165) is 10.9 Å². The molecule has 3 N–H and O–H groups in total. The summed E-state index contributed by atoms with van der Waals surface area (Å²) in [5, 5.41) is 13.6. The van der Waals surface area contributed by atoms with Gasteiger partial charge in [-0.1, -0.05) is 30.3 Å². The molecule has 1 aliphatic rings. The zero-order chi connectivity index (χ0) is 20.4. The number of fused-ring (bicyclic) bond motifs is 1. The van der Waals surface area contributed by atoms with E-state index in [1.165, 1.54) is 0 Å². The van der Waals surface area contributed by atoms with Crippen LogP contribution < -0.4 is 5.32 Å². The summed E-state index contributed by atoms with van der Waals surface area (Å²) in [6.45, 7) is 3.31. The topological polar surface area (TPSA) is 85.4 Å². The van der Waals surface area contributed by atoms with Gasteiger partial charge in [0.15, 0.2) is 5.78 Å². The lowest BCUT2D eigenvalue weighted by atomic mass is 9.93. The fraction of sp³-hybridized carbons (Fsp3) is 0.304. The van der Waals surface area contributed by atoms with Crippen LogP contribution in [0.4, 0.5) is 5.69 Å². The second kappa shape index (κ2) is 8.09. The molecule has 150 valence electrons. The van der Waals surface area contributed by atoms with Crippen LogP contribution in [-0.4, -0.2) is 45.8 Å². The van der Waals surface area contributed by atoms with E-state index >= 15 is 0 Å². The number of Topliss-reactive ketones (excluding diaryl/α,β-unsaturated/α-hetero) is 1. The summed E-state index contributed by atoms with van der Waals surface area (Å²) in [5.74, 6) is -0.0428. The van der Waals surface area contributed by atoms with Crippen LogP contribution in [0.2, 0.25) is 0 Å². The Morgan fingerprint density at radius 1 is 1.10 bits per heavy atom. The van der Waals surface area contributed by atoms with Crippen LogP contribution in [0.1, 0.15) is 30.1 Å². The fourth-order valence-corrected chi connectivity index (χ4v) is 4.03. The molecule has 4 rings (SSSR count). The third kappa shape index (κ3) is 3.89. The number of H-pyrrole nitrogens is 1. The van der Waals surface area contributed by atoms with Gasteiger partial charge >= 0.3 is 0 Å². The standard InChI is InChI=1S/C23H25N3O3/c1-15(22(28)18-14-24-19-7-3-2-6-17(18)19)26-12-10-16(11-13-26)23(29)25-20-8-4-5-9-21(20)27/h2-9,14-16,24,27H,10-13H2,1H3,(H,25,29). The van der Waals surface area contributed by atoms with Crippen LogP contribution in [-0.2, 0) is 4.79 Å². The number of hydrogen-bond donors (Lipinski definition) is 3. The van der Waals surface area contributed by atoms with Crippen molar-refractivity contribution in [1.29, 1.82) is 0 Å². The molecule has 1 amide bonds. The molecule has 1 fully saturated rings. The van der Waals surface area contributed by atoms with Crippen molar-refractivity contribution in [3.63, 3.8) is 0 Å². The lowest BCUT2D eigenvalue weighted by Crippen LogP contribution is -2.45. The maximum Gasteiger partial charge on any atom is 0.227 e. The predicted octanol–water partition coefficient (Wildman–Crippen LogP) is 3.80. The highest BCUT2D eigenvalue weighted by atomic mass is 16.3. The molecule has 29 heavy (non-hydrogen) atoms. The first-order chi connectivity index (χ1) is 14.0. The first-order valence-corrected chi connectivity index (χ1v) is 9.98. The van der Waals surface area contributed by atoms with E-state index in [-0.39, 0.29) is 29.4 Å². The molecule has 1 aromatic heterocycles. The van der Waals surface area contributed by atoms with Gasteiger partial charge in [-0.05, 0) is 51.1 Å². The number of hydrogen-bond acceptors (Lipinski definition) is 4. The average Bonchev–Trinajstić information content (AvgIpc) is 3.18. The van der Waals surface area contributed by atoms with Gasteiger partial charge in [-0.2, -0.15) is 0 Å². The maximum absolute atomic E-state index is 13.0. The Balaban J connectivity index is 1.37. The third-order valence-electron chi connectivity index (χ3n) is 5.84. The summed E-state index contributed by atoms with van der Waals surface area (Å²) >= 11 is 0. The molecule has 0 aliphatic carbocycles. The molecule has 0 bridgehead atoms. The van der Waals surface area contributed by atoms with E-state index in [4.69, 9.17) is 0 Å². The molecule has 0 saturated carbocycles. The van der Waals surface area contributed by atoms with Crippen molar-refractivity contribution in [3.05, 3.63) is 60.3 Å². The van der Waals surface area contributed by atoms with Crippen LogP contribution >= 0.6 is 0 Å². The summed E-state index contributed by atoms with van der Waals surface area (Å²) in [6.07, 6.45) is 3.16. The highest BCUT2D eigenvalue weighted by Crippen LogP contribution is 2.26. The molecule has 6 nitrogen and oxygen atoms in total. The minimum Gasteiger partial charge on any atom is -0.506 e. The molecule has 0 spiro atoms. The number of ketones is 1. The monoisotopic (exact) mass is 391 g/mol. The second-order valence-corrected chi connectivity index (χ2v) is 7.60. The number of aromatic amines is 1. The Hall–Kier alpha value is -3.12. The van der Waals surface area contributed by atoms with Crippen LogP contribution in [0.25, 0.3) is 10.9 Å². The number of carbonyl (C=O) groups is 2. The predicted molar refractivity (Wildman–Crippen MR) is 113 cm³/mol. The number of carbonyl (C=O) groups excluding carboxylic acids is 2. The van der Waals surface area contributed by atoms with Gasteiger partial charge in [0.1, 0.15) is 5.75 Å². The molecular formula is C23H25N3O3. The van der Waals surface area contributed by atoms with E-state index in [0.29, 0.717) is 37.2 Å². The normalized spacial score (nSPS) is 16.6. The van der Waals surface area contributed by atoms with Gasteiger partial charge in [0, 0.05) is 28.6 Å². The number of nitrogens with zero attached hydrogens (tertiary/aromatic N) is 1. The quantitative estimate of drug-likeness (QED) is 0.456. The molecule has 2 aromatic carbocycles. The van der Waals surface area contributed by atoms with Crippen LogP contribution in [0.5, 0.6) is 5.75 Å². The zero-order valence-electron chi connectivity index (χ0n) is 16.4. The minimum absolute atomic E-state index is 0.0660. The fourth-order valence-electron chi connectivity index (χ4n) is 4.03. The van der Waals surface area contributed by atoms with E-state index in [2.05, 4.69) is 15.2 Å². The van der Waals surface area contributed by atoms with E-state index in [1.54, 1.807) is 30.5 Å². The Bertz CT molecular complexity index is 1030. The van der Waals surface area contributed by atoms with Crippen molar-refractivity contribution in [2.75, 3.05) is 18.4 Å². The van der Waals surface area contributed by atoms with Crippen molar-refractivity contribution in [3.8, 4) is 5.75 Å². The summed E-state index contributed by atoms with van der Waals surface area (Å²) in [5.41, 5.74) is 2.11. The molecule has 1 aliphatic heterocycles. The Morgan fingerprint density at radius 3 is 2.55 bits per heavy atom. The number of benzene rings is 2. The number of nitrogens with one attached hydrogen (secondary N) is 2. The second-order valence-electron chi connectivity index (χ2n) is 7.60. The summed E-state index contributed by atoms with van der Waals surface area (Å²) in [6, 6.07) is 14.3. The molecule has 2 heterocycles. The van der Waals surface area contributed by atoms with Gasteiger partial charge < -0.3 is 15.4 Å². The number of amides is 1. The van der Waals surface area contributed by atoms with E-state index in [1.807, 2.05) is 31.2 Å². The number of piperidine rings is 1. The number of likely N-dealkylation sites (tertiary alicyclic amines) is 1. The molecule has 6 heteroatoms.